The highest BCUT2D eigenvalue weighted by atomic mass is 16.5. The summed E-state index contributed by atoms with van der Waals surface area (Å²) in [5.41, 5.74) is 1.23. The third kappa shape index (κ3) is 5.33. The Morgan fingerprint density at radius 2 is 2.00 bits per heavy atom. The molecule has 1 aliphatic heterocycles. The van der Waals surface area contributed by atoms with Crippen molar-refractivity contribution in [3.8, 4) is 0 Å². The van der Waals surface area contributed by atoms with Gasteiger partial charge in [0.1, 0.15) is 0 Å². The SMILES string of the molecule is COCC1CCCCN1C(=O)c1ccc(CCC(C)(C)O)cc1. The number of hydrogen-bond acceptors (Lipinski definition) is 3. The molecule has 0 aliphatic carbocycles. The molecule has 23 heavy (non-hydrogen) atoms. The Kier molecular flexibility index (Phi) is 6.19. The maximum atomic E-state index is 12.7. The summed E-state index contributed by atoms with van der Waals surface area (Å²) in [6, 6.07) is 7.99. The lowest BCUT2D eigenvalue weighted by Gasteiger charge is -2.35. The molecule has 0 spiro atoms. The fourth-order valence-corrected chi connectivity index (χ4v) is 3.06. The van der Waals surface area contributed by atoms with E-state index in [1.807, 2.05) is 43.0 Å². The average molecular weight is 319 g/mol. The van der Waals surface area contributed by atoms with Crippen LogP contribution in [-0.4, -0.2) is 47.8 Å². The molecule has 1 fully saturated rings. The van der Waals surface area contributed by atoms with Gasteiger partial charge in [-0.2, -0.15) is 0 Å². The van der Waals surface area contributed by atoms with Crippen molar-refractivity contribution in [1.29, 1.82) is 0 Å². The first-order valence-corrected chi connectivity index (χ1v) is 8.52. The fourth-order valence-electron chi connectivity index (χ4n) is 3.06. The highest BCUT2D eigenvalue weighted by Crippen LogP contribution is 2.21. The molecule has 0 aromatic heterocycles. The first-order valence-electron chi connectivity index (χ1n) is 8.52. The highest BCUT2D eigenvalue weighted by molar-refractivity contribution is 5.94. The van der Waals surface area contributed by atoms with Gasteiger partial charge in [0.05, 0.1) is 18.2 Å². The van der Waals surface area contributed by atoms with Crippen LogP contribution < -0.4 is 0 Å². The Morgan fingerprint density at radius 3 is 2.61 bits per heavy atom. The van der Waals surface area contributed by atoms with E-state index in [-0.39, 0.29) is 11.9 Å². The zero-order chi connectivity index (χ0) is 16.9. The van der Waals surface area contributed by atoms with Crippen molar-refractivity contribution >= 4 is 5.91 Å². The second-order valence-corrected chi connectivity index (χ2v) is 7.11. The molecule has 1 aromatic rings. The van der Waals surface area contributed by atoms with E-state index >= 15 is 0 Å². The highest BCUT2D eigenvalue weighted by Gasteiger charge is 2.27. The van der Waals surface area contributed by atoms with Gasteiger partial charge in [-0.1, -0.05) is 12.1 Å². The van der Waals surface area contributed by atoms with Crippen LogP contribution in [-0.2, 0) is 11.2 Å². The van der Waals surface area contributed by atoms with Crippen LogP contribution in [0.5, 0.6) is 0 Å². The number of aliphatic hydroxyl groups is 1. The summed E-state index contributed by atoms with van der Waals surface area (Å²) >= 11 is 0. The number of amides is 1. The molecule has 0 saturated carbocycles. The van der Waals surface area contributed by atoms with E-state index in [0.29, 0.717) is 13.0 Å². The Morgan fingerprint density at radius 1 is 1.30 bits per heavy atom. The minimum Gasteiger partial charge on any atom is -0.390 e. The summed E-state index contributed by atoms with van der Waals surface area (Å²) in [6.45, 7) is 5.05. The van der Waals surface area contributed by atoms with Gasteiger partial charge in [0, 0.05) is 19.2 Å². The number of hydrogen-bond donors (Lipinski definition) is 1. The fraction of sp³-hybridized carbons (Fsp3) is 0.632. The minimum atomic E-state index is -0.657. The lowest BCUT2D eigenvalue weighted by molar-refractivity contribution is 0.0428. The monoisotopic (exact) mass is 319 g/mol. The quantitative estimate of drug-likeness (QED) is 0.877. The van der Waals surface area contributed by atoms with E-state index < -0.39 is 5.60 Å². The van der Waals surface area contributed by atoms with Crippen molar-refractivity contribution in [2.45, 2.75) is 57.6 Å². The number of nitrogens with zero attached hydrogens (tertiary/aromatic N) is 1. The van der Waals surface area contributed by atoms with Gasteiger partial charge >= 0.3 is 0 Å². The number of carbonyl (C=O) groups excluding carboxylic acids is 1. The van der Waals surface area contributed by atoms with Crippen LogP contribution in [0, 0.1) is 0 Å². The van der Waals surface area contributed by atoms with Crippen LogP contribution in [0.15, 0.2) is 24.3 Å². The summed E-state index contributed by atoms with van der Waals surface area (Å²) in [7, 11) is 1.69. The lowest BCUT2D eigenvalue weighted by Crippen LogP contribution is -2.46. The van der Waals surface area contributed by atoms with Gasteiger partial charge in [-0.3, -0.25) is 4.79 Å². The van der Waals surface area contributed by atoms with E-state index in [0.717, 1.165) is 43.4 Å². The van der Waals surface area contributed by atoms with E-state index in [4.69, 9.17) is 4.74 Å². The third-order valence-electron chi connectivity index (χ3n) is 4.47. The smallest absolute Gasteiger partial charge is 0.254 e. The molecule has 1 amide bonds. The number of benzene rings is 1. The van der Waals surface area contributed by atoms with Crippen LogP contribution in [0.25, 0.3) is 0 Å². The maximum absolute atomic E-state index is 12.7. The van der Waals surface area contributed by atoms with Gasteiger partial charge in [-0.25, -0.2) is 0 Å². The standard InChI is InChI=1S/C19H29NO3/c1-19(2,22)12-11-15-7-9-16(10-8-15)18(21)20-13-5-4-6-17(20)14-23-3/h7-10,17,22H,4-6,11-14H2,1-3H3. The predicted molar refractivity (Wildman–Crippen MR) is 91.6 cm³/mol. The Labute approximate surface area is 139 Å². The number of methoxy groups -OCH3 is 1. The molecular weight excluding hydrogens is 290 g/mol. The molecule has 1 heterocycles. The first-order chi connectivity index (χ1) is 10.9. The van der Waals surface area contributed by atoms with Crippen LogP contribution in [0.2, 0.25) is 0 Å². The third-order valence-corrected chi connectivity index (χ3v) is 4.47. The second-order valence-electron chi connectivity index (χ2n) is 7.11. The van der Waals surface area contributed by atoms with Gasteiger partial charge < -0.3 is 14.7 Å². The molecule has 1 aromatic carbocycles. The number of aryl methyl sites for hydroxylation is 1. The van der Waals surface area contributed by atoms with Crippen molar-refractivity contribution in [3.63, 3.8) is 0 Å². The summed E-state index contributed by atoms with van der Waals surface area (Å²) in [5.74, 6) is 0.0980. The summed E-state index contributed by atoms with van der Waals surface area (Å²) in [4.78, 5) is 14.7. The van der Waals surface area contributed by atoms with E-state index in [1.165, 1.54) is 0 Å². The summed E-state index contributed by atoms with van der Waals surface area (Å²) in [6.07, 6.45) is 4.77. The molecular formula is C19H29NO3. The molecule has 1 N–H and O–H groups in total. The molecule has 1 unspecified atom stereocenters. The van der Waals surface area contributed by atoms with Crippen LogP contribution in [0.3, 0.4) is 0 Å². The van der Waals surface area contributed by atoms with Crippen molar-refractivity contribution in [3.05, 3.63) is 35.4 Å². The maximum Gasteiger partial charge on any atom is 0.254 e. The van der Waals surface area contributed by atoms with Gasteiger partial charge in [-0.05, 0) is 63.6 Å². The summed E-state index contributed by atoms with van der Waals surface area (Å²) < 4.78 is 5.26. The van der Waals surface area contributed by atoms with Crippen LogP contribution in [0.4, 0.5) is 0 Å². The predicted octanol–water partition coefficient (Wildman–Crippen LogP) is 3.03. The molecule has 0 radical (unpaired) electrons. The lowest BCUT2D eigenvalue weighted by atomic mass is 9.97. The largest absolute Gasteiger partial charge is 0.390 e. The van der Waals surface area contributed by atoms with Gasteiger partial charge in [-0.15, -0.1) is 0 Å². The van der Waals surface area contributed by atoms with Crippen molar-refractivity contribution in [1.82, 2.24) is 4.90 Å². The number of carbonyl (C=O) groups is 1. The van der Waals surface area contributed by atoms with E-state index in [2.05, 4.69) is 0 Å². The number of ether oxygens (including phenoxy) is 1. The van der Waals surface area contributed by atoms with E-state index in [9.17, 15) is 9.90 Å². The summed E-state index contributed by atoms with van der Waals surface area (Å²) in [5, 5.41) is 9.80. The Balaban J connectivity index is 2.01. The topological polar surface area (TPSA) is 49.8 Å². The number of rotatable bonds is 6. The molecule has 1 saturated heterocycles. The van der Waals surface area contributed by atoms with Gasteiger partial charge in [0.2, 0.25) is 0 Å². The zero-order valence-corrected chi connectivity index (χ0v) is 14.5. The Bertz CT molecular complexity index is 502. The van der Waals surface area contributed by atoms with Crippen molar-refractivity contribution in [2.24, 2.45) is 0 Å². The molecule has 128 valence electrons. The van der Waals surface area contributed by atoms with Crippen LogP contribution in [0.1, 0.15) is 55.5 Å². The number of likely N-dealkylation sites (tertiary alicyclic amines) is 1. The molecule has 4 nitrogen and oxygen atoms in total. The molecule has 2 rings (SSSR count). The normalized spacial score (nSPS) is 19.0. The van der Waals surface area contributed by atoms with Crippen LogP contribution >= 0.6 is 0 Å². The van der Waals surface area contributed by atoms with E-state index in [1.54, 1.807) is 7.11 Å². The Hall–Kier alpha value is -1.39. The second kappa shape index (κ2) is 7.93. The van der Waals surface area contributed by atoms with Gasteiger partial charge in [0.25, 0.3) is 5.91 Å². The number of piperidine rings is 1. The minimum absolute atomic E-state index is 0.0980. The van der Waals surface area contributed by atoms with Gasteiger partial charge in [0.15, 0.2) is 0 Å². The average Bonchev–Trinajstić information content (AvgIpc) is 2.53. The molecule has 4 heteroatoms. The van der Waals surface area contributed by atoms with Crippen molar-refractivity contribution in [2.75, 3.05) is 20.3 Å². The van der Waals surface area contributed by atoms with Crippen molar-refractivity contribution < 1.29 is 14.6 Å². The molecule has 0 bridgehead atoms. The first kappa shape index (κ1) is 18.0. The zero-order valence-electron chi connectivity index (χ0n) is 14.5. The molecule has 1 aliphatic rings. The molecule has 1 atom stereocenters.